The number of carbonyl (C=O) groups excluding carboxylic acids is 1. The first kappa shape index (κ1) is 19.1. The average molecular weight is 396 g/mol. The zero-order chi connectivity index (χ0) is 20.6. The third-order valence-corrected chi connectivity index (χ3v) is 4.34. The molecule has 0 aliphatic rings. The molecule has 0 atom stereocenters. The highest BCUT2D eigenvalue weighted by molar-refractivity contribution is 5.92. The number of aromatic nitrogens is 2. The second kappa shape index (κ2) is 9.34. The van der Waals surface area contributed by atoms with Gasteiger partial charge in [0.05, 0.1) is 17.6 Å². The molecule has 0 bridgehead atoms. The van der Waals surface area contributed by atoms with Gasteiger partial charge in [0.15, 0.2) is 5.75 Å². The number of hydrogen-bond acceptors (Lipinski definition) is 5. The van der Waals surface area contributed by atoms with Gasteiger partial charge in [0.25, 0.3) is 5.91 Å². The molecule has 1 amide bonds. The summed E-state index contributed by atoms with van der Waals surface area (Å²) in [6.07, 6.45) is 5.01. The van der Waals surface area contributed by atoms with Gasteiger partial charge in [0, 0.05) is 18.9 Å². The number of hydrogen-bond donors (Lipinski definition) is 2. The van der Waals surface area contributed by atoms with Crippen LogP contribution in [0.2, 0.25) is 0 Å². The molecule has 30 heavy (non-hydrogen) atoms. The summed E-state index contributed by atoms with van der Waals surface area (Å²) in [4.78, 5) is 20.6. The number of anilines is 2. The fourth-order valence-electron chi connectivity index (χ4n) is 2.81. The Morgan fingerprint density at radius 1 is 0.867 bits per heavy atom. The van der Waals surface area contributed by atoms with Gasteiger partial charge in [-0.1, -0.05) is 30.3 Å². The van der Waals surface area contributed by atoms with Crippen LogP contribution in [0.1, 0.15) is 16.1 Å². The minimum atomic E-state index is -0.230. The Morgan fingerprint density at radius 2 is 1.63 bits per heavy atom. The second-order valence-electron chi connectivity index (χ2n) is 6.51. The fraction of sp³-hybridized carbons (Fsp3) is 0.0417. The van der Waals surface area contributed by atoms with E-state index in [9.17, 15) is 4.79 Å². The Kier molecular flexibility index (Phi) is 5.96. The minimum absolute atomic E-state index is 0.230. The van der Waals surface area contributed by atoms with Gasteiger partial charge >= 0.3 is 0 Å². The summed E-state index contributed by atoms with van der Waals surface area (Å²) < 4.78 is 5.97. The Bertz CT molecular complexity index is 1100. The third kappa shape index (κ3) is 4.99. The Balaban J connectivity index is 1.41. The van der Waals surface area contributed by atoms with Crippen molar-refractivity contribution >= 4 is 17.3 Å². The lowest BCUT2D eigenvalue weighted by Crippen LogP contribution is -2.23. The lowest BCUT2D eigenvalue weighted by molar-refractivity contribution is 0.0946. The van der Waals surface area contributed by atoms with Crippen molar-refractivity contribution in [3.8, 4) is 11.5 Å². The van der Waals surface area contributed by atoms with Crippen molar-refractivity contribution in [2.24, 2.45) is 0 Å². The van der Waals surface area contributed by atoms with Crippen LogP contribution in [0, 0.1) is 0 Å². The van der Waals surface area contributed by atoms with E-state index < -0.39 is 0 Å². The van der Waals surface area contributed by atoms with Crippen LogP contribution < -0.4 is 15.4 Å². The molecule has 6 heteroatoms. The summed E-state index contributed by atoms with van der Waals surface area (Å²) in [6, 6.07) is 24.5. The van der Waals surface area contributed by atoms with Crippen LogP contribution in [-0.2, 0) is 6.54 Å². The van der Waals surface area contributed by atoms with Crippen molar-refractivity contribution in [1.29, 1.82) is 0 Å². The number of para-hydroxylation sites is 3. The average Bonchev–Trinajstić information content (AvgIpc) is 2.81. The monoisotopic (exact) mass is 396 g/mol. The first-order valence-corrected chi connectivity index (χ1v) is 9.50. The Morgan fingerprint density at radius 3 is 2.40 bits per heavy atom. The fourth-order valence-corrected chi connectivity index (χ4v) is 2.81. The molecule has 0 radical (unpaired) electrons. The van der Waals surface area contributed by atoms with Crippen LogP contribution in [0.4, 0.5) is 11.4 Å². The van der Waals surface area contributed by atoms with E-state index in [1.54, 1.807) is 24.7 Å². The summed E-state index contributed by atoms with van der Waals surface area (Å²) in [6.45, 7) is 0.424. The van der Waals surface area contributed by atoms with Gasteiger partial charge in [-0.2, -0.15) is 0 Å². The molecule has 0 saturated heterocycles. The van der Waals surface area contributed by atoms with Gasteiger partial charge in [-0.3, -0.25) is 9.78 Å². The van der Waals surface area contributed by atoms with Crippen LogP contribution in [-0.4, -0.2) is 15.9 Å². The maximum Gasteiger partial charge on any atom is 0.270 e. The van der Waals surface area contributed by atoms with Gasteiger partial charge < -0.3 is 15.4 Å². The van der Waals surface area contributed by atoms with Crippen LogP contribution in [0.25, 0.3) is 0 Å². The Hall–Kier alpha value is -4.19. The highest BCUT2D eigenvalue weighted by Gasteiger charge is 2.09. The summed E-state index contributed by atoms with van der Waals surface area (Å²) in [5.41, 5.74) is 2.89. The summed E-state index contributed by atoms with van der Waals surface area (Å²) in [5, 5.41) is 6.14. The van der Waals surface area contributed by atoms with E-state index in [1.807, 2.05) is 72.8 Å². The van der Waals surface area contributed by atoms with E-state index in [0.29, 0.717) is 18.0 Å². The molecule has 0 aliphatic carbocycles. The molecule has 0 spiro atoms. The maximum atomic E-state index is 12.3. The molecule has 4 aromatic rings. The third-order valence-electron chi connectivity index (χ3n) is 4.34. The molecule has 0 aliphatic heterocycles. The molecular weight excluding hydrogens is 376 g/mol. The quantitative estimate of drug-likeness (QED) is 0.463. The highest BCUT2D eigenvalue weighted by Crippen LogP contribution is 2.31. The first-order chi connectivity index (χ1) is 14.8. The summed E-state index contributed by atoms with van der Waals surface area (Å²) >= 11 is 0. The first-order valence-electron chi connectivity index (χ1n) is 9.50. The molecule has 2 heterocycles. The number of pyridine rings is 2. The van der Waals surface area contributed by atoms with Gasteiger partial charge in [-0.25, -0.2) is 4.98 Å². The topological polar surface area (TPSA) is 76.1 Å². The van der Waals surface area contributed by atoms with Gasteiger partial charge in [-0.15, -0.1) is 0 Å². The lowest BCUT2D eigenvalue weighted by atomic mass is 10.2. The number of carbonyl (C=O) groups is 1. The Labute approximate surface area is 174 Å². The summed E-state index contributed by atoms with van der Waals surface area (Å²) in [5.74, 6) is 1.22. The van der Waals surface area contributed by atoms with Gasteiger partial charge in [-0.05, 0) is 54.1 Å². The predicted molar refractivity (Wildman–Crippen MR) is 116 cm³/mol. The maximum absolute atomic E-state index is 12.3. The van der Waals surface area contributed by atoms with E-state index in [-0.39, 0.29) is 5.91 Å². The number of amides is 1. The smallest absolute Gasteiger partial charge is 0.270 e. The van der Waals surface area contributed by atoms with E-state index in [2.05, 4.69) is 20.6 Å². The van der Waals surface area contributed by atoms with Crippen molar-refractivity contribution in [1.82, 2.24) is 15.3 Å². The van der Waals surface area contributed by atoms with Crippen molar-refractivity contribution in [2.75, 3.05) is 5.32 Å². The van der Waals surface area contributed by atoms with Crippen molar-refractivity contribution < 1.29 is 9.53 Å². The molecule has 4 rings (SSSR count). The van der Waals surface area contributed by atoms with Gasteiger partial charge in [0.1, 0.15) is 11.4 Å². The number of nitrogens with one attached hydrogen (secondary N) is 2. The molecule has 2 aromatic heterocycles. The highest BCUT2D eigenvalue weighted by atomic mass is 16.5. The molecular formula is C24H20N4O2. The van der Waals surface area contributed by atoms with Gasteiger partial charge in [0.2, 0.25) is 0 Å². The molecule has 0 unspecified atom stereocenters. The number of benzene rings is 2. The number of ether oxygens (including phenoxy) is 1. The molecule has 2 aromatic carbocycles. The van der Waals surface area contributed by atoms with E-state index in [4.69, 9.17) is 4.74 Å². The molecule has 6 nitrogen and oxygen atoms in total. The lowest BCUT2D eigenvalue weighted by Gasteiger charge is -2.13. The summed E-state index contributed by atoms with van der Waals surface area (Å²) in [7, 11) is 0. The SMILES string of the molecule is O=C(NCc1ccncc1)c1ccc(Nc2ccccc2Oc2ccccc2)cn1. The van der Waals surface area contributed by atoms with Crippen molar-refractivity contribution in [3.63, 3.8) is 0 Å². The molecule has 0 fully saturated rings. The van der Waals surface area contributed by atoms with Crippen LogP contribution in [0.15, 0.2) is 97.5 Å². The van der Waals surface area contributed by atoms with Crippen LogP contribution in [0.5, 0.6) is 11.5 Å². The van der Waals surface area contributed by atoms with E-state index in [1.165, 1.54) is 0 Å². The number of rotatable bonds is 7. The normalized spacial score (nSPS) is 10.3. The molecule has 2 N–H and O–H groups in total. The van der Waals surface area contributed by atoms with Crippen molar-refractivity contribution in [3.05, 3.63) is 109 Å². The molecule has 148 valence electrons. The van der Waals surface area contributed by atoms with Crippen molar-refractivity contribution in [2.45, 2.75) is 6.54 Å². The minimum Gasteiger partial charge on any atom is -0.455 e. The zero-order valence-corrected chi connectivity index (χ0v) is 16.2. The number of nitrogens with zero attached hydrogens (tertiary/aromatic N) is 2. The predicted octanol–water partition coefficient (Wildman–Crippen LogP) is 4.94. The van der Waals surface area contributed by atoms with Crippen LogP contribution in [0.3, 0.4) is 0 Å². The molecule has 0 saturated carbocycles. The second-order valence-corrected chi connectivity index (χ2v) is 6.51. The zero-order valence-electron chi connectivity index (χ0n) is 16.2. The van der Waals surface area contributed by atoms with Crippen LogP contribution >= 0.6 is 0 Å². The standard InChI is InChI=1S/C24H20N4O2/c29-24(27-16-18-12-14-25-15-13-18)22-11-10-19(17-26-22)28-21-8-4-5-9-23(21)30-20-6-2-1-3-7-20/h1-15,17,28H,16H2,(H,27,29). The van der Waals surface area contributed by atoms with E-state index >= 15 is 0 Å². The van der Waals surface area contributed by atoms with E-state index in [0.717, 1.165) is 22.7 Å². The largest absolute Gasteiger partial charge is 0.455 e.